The number of benzene rings is 5. The quantitative estimate of drug-likeness (QED) is 0.0908. The number of rotatable bonds is 11. The van der Waals surface area contributed by atoms with Crippen LogP contribution in [0.15, 0.2) is 131 Å². The van der Waals surface area contributed by atoms with Gasteiger partial charge in [0.1, 0.15) is 5.70 Å². The number of fused-ring (bicyclic) bond motifs is 1. The molecule has 1 heterocycles. The normalized spacial score (nSPS) is 11.9. The smallest absolute Gasteiger partial charge is 0.272 e. The molecule has 50 heavy (non-hydrogen) atoms. The summed E-state index contributed by atoms with van der Waals surface area (Å²) in [4.78, 5) is 45.5. The van der Waals surface area contributed by atoms with Gasteiger partial charge in [0.15, 0.2) is 5.13 Å². The molecule has 7 nitrogen and oxygen atoms in total. The summed E-state index contributed by atoms with van der Waals surface area (Å²) < 4.78 is 0. The Morgan fingerprint density at radius 3 is 2.40 bits per heavy atom. The second-order valence-electron chi connectivity index (χ2n) is 11.1. The molecule has 0 spiro atoms. The van der Waals surface area contributed by atoms with Crippen molar-refractivity contribution in [2.24, 2.45) is 0 Å². The van der Waals surface area contributed by atoms with E-state index >= 15 is 0 Å². The van der Waals surface area contributed by atoms with Crippen molar-refractivity contribution in [3.05, 3.63) is 148 Å². The molecule has 0 bridgehead atoms. The fraction of sp³-hybridized carbons (Fsp3) is 0.0769. The van der Waals surface area contributed by atoms with Crippen molar-refractivity contribution in [1.29, 1.82) is 0 Å². The Morgan fingerprint density at radius 1 is 0.840 bits per heavy atom. The van der Waals surface area contributed by atoms with Gasteiger partial charge in [-0.1, -0.05) is 103 Å². The zero-order valence-electron chi connectivity index (χ0n) is 26.7. The van der Waals surface area contributed by atoms with Gasteiger partial charge in [-0.15, -0.1) is 23.1 Å². The first-order valence-electron chi connectivity index (χ1n) is 15.6. The van der Waals surface area contributed by atoms with Crippen LogP contribution in [0, 0.1) is 0 Å². The number of thioether (sulfide) groups is 1. The fourth-order valence-electron chi connectivity index (χ4n) is 5.06. The monoisotopic (exact) mass is 736 g/mol. The lowest BCUT2D eigenvalue weighted by Gasteiger charge is -2.15. The van der Waals surface area contributed by atoms with Crippen LogP contribution in [0.4, 0.5) is 10.8 Å². The third-order valence-electron chi connectivity index (χ3n) is 7.62. The molecule has 6 aromatic rings. The Kier molecular flexibility index (Phi) is 11.3. The van der Waals surface area contributed by atoms with Gasteiger partial charge in [-0.3, -0.25) is 14.4 Å². The number of carbonyl (C=O) groups is 3. The van der Waals surface area contributed by atoms with Crippen LogP contribution in [0.5, 0.6) is 0 Å². The van der Waals surface area contributed by atoms with Crippen molar-refractivity contribution in [1.82, 2.24) is 10.3 Å². The summed E-state index contributed by atoms with van der Waals surface area (Å²) in [5.41, 5.74) is 3.07. The van der Waals surface area contributed by atoms with Crippen molar-refractivity contribution >= 4 is 91.7 Å². The minimum atomic E-state index is -0.566. The van der Waals surface area contributed by atoms with E-state index in [-0.39, 0.29) is 16.6 Å². The van der Waals surface area contributed by atoms with Gasteiger partial charge in [-0.25, -0.2) is 4.98 Å². The number of hydrogen-bond donors (Lipinski definition) is 3. The van der Waals surface area contributed by atoms with Crippen LogP contribution in [0.25, 0.3) is 28.1 Å². The van der Waals surface area contributed by atoms with E-state index in [2.05, 4.69) is 45.2 Å². The Balaban J connectivity index is 1.14. The van der Waals surface area contributed by atoms with Crippen molar-refractivity contribution in [2.75, 3.05) is 10.6 Å². The maximum atomic E-state index is 13.6. The highest BCUT2D eigenvalue weighted by atomic mass is 35.5. The highest BCUT2D eigenvalue weighted by Gasteiger charge is 2.21. The second-order valence-corrected chi connectivity index (χ2v) is 14.0. The number of halogens is 2. The van der Waals surface area contributed by atoms with E-state index in [9.17, 15) is 14.4 Å². The molecule has 11 heteroatoms. The molecule has 0 aliphatic heterocycles. The summed E-state index contributed by atoms with van der Waals surface area (Å²) in [6, 6.07) is 35.1. The van der Waals surface area contributed by atoms with Crippen LogP contribution in [0.3, 0.4) is 0 Å². The van der Waals surface area contributed by atoms with E-state index in [4.69, 9.17) is 23.2 Å². The Labute approximate surface area is 307 Å². The molecule has 3 amide bonds. The molecule has 5 aromatic carbocycles. The van der Waals surface area contributed by atoms with Gasteiger partial charge >= 0.3 is 0 Å². The zero-order valence-corrected chi connectivity index (χ0v) is 29.8. The molecule has 6 rings (SSSR count). The highest BCUT2D eigenvalue weighted by molar-refractivity contribution is 8.00. The highest BCUT2D eigenvalue weighted by Crippen LogP contribution is 2.32. The van der Waals surface area contributed by atoms with Crippen LogP contribution < -0.4 is 16.0 Å². The largest absolute Gasteiger partial charge is 0.321 e. The molecular formula is C39H30Cl2N4O3S2. The van der Waals surface area contributed by atoms with Crippen LogP contribution in [-0.2, 0) is 9.59 Å². The molecule has 1 unspecified atom stereocenters. The summed E-state index contributed by atoms with van der Waals surface area (Å²) >= 11 is 15.4. The van der Waals surface area contributed by atoms with Gasteiger partial charge in [0.25, 0.3) is 11.8 Å². The predicted octanol–water partition coefficient (Wildman–Crippen LogP) is 10.2. The number of thiazole rings is 1. The van der Waals surface area contributed by atoms with Crippen LogP contribution in [0.2, 0.25) is 10.0 Å². The molecule has 1 aromatic heterocycles. The minimum absolute atomic E-state index is 0.0293. The average Bonchev–Trinajstić information content (AvgIpc) is 3.60. The summed E-state index contributed by atoms with van der Waals surface area (Å²) in [5, 5.41) is 13.4. The molecule has 0 aliphatic rings. The van der Waals surface area contributed by atoms with E-state index in [0.29, 0.717) is 33.4 Å². The molecule has 0 saturated carbocycles. The maximum Gasteiger partial charge on any atom is 0.272 e. The number of anilines is 2. The lowest BCUT2D eigenvalue weighted by Crippen LogP contribution is -2.30. The summed E-state index contributed by atoms with van der Waals surface area (Å²) in [6.07, 6.45) is 2.04. The standard InChI is InChI=1S/C39H30Cl2N4O3S2/c1-2-34(38(48)45-39-44-33(23-49-39)27-19-18-24-10-6-7-13-26(24)20-27)50-30-16-9-15-29(22-30)42-37(47)32(21-28-14-8-17-31(40)35(28)41)43-36(46)25-11-4-3-5-12-25/h3-23,34H,2H2,1H3,(H,42,47)(H,43,46)(H,44,45,48)/b32-21+. The first-order chi connectivity index (χ1) is 24.3. The first kappa shape index (κ1) is 34.9. The number of nitrogens with zero attached hydrogens (tertiary/aromatic N) is 1. The van der Waals surface area contributed by atoms with Crippen LogP contribution >= 0.6 is 46.3 Å². The van der Waals surface area contributed by atoms with Crippen molar-refractivity contribution in [2.45, 2.75) is 23.5 Å². The van der Waals surface area contributed by atoms with Gasteiger partial charge in [0.2, 0.25) is 5.91 Å². The van der Waals surface area contributed by atoms with Gasteiger partial charge in [0.05, 0.1) is 21.0 Å². The Morgan fingerprint density at radius 2 is 1.60 bits per heavy atom. The lowest BCUT2D eigenvalue weighted by molar-refractivity contribution is -0.116. The summed E-state index contributed by atoms with van der Waals surface area (Å²) in [5.74, 6) is -1.20. The number of hydrogen-bond acceptors (Lipinski definition) is 6. The fourth-order valence-corrected chi connectivity index (χ4v) is 7.16. The van der Waals surface area contributed by atoms with Gasteiger partial charge in [-0.2, -0.15) is 0 Å². The molecular weight excluding hydrogens is 707 g/mol. The van der Waals surface area contributed by atoms with E-state index < -0.39 is 17.1 Å². The topological polar surface area (TPSA) is 100 Å². The Hall–Kier alpha value is -4.93. The molecule has 0 saturated heterocycles. The van der Waals surface area contributed by atoms with Crippen LogP contribution in [0.1, 0.15) is 29.3 Å². The average molecular weight is 738 g/mol. The Bertz CT molecular complexity index is 2220. The number of aromatic nitrogens is 1. The first-order valence-corrected chi connectivity index (χ1v) is 18.1. The summed E-state index contributed by atoms with van der Waals surface area (Å²) in [6.45, 7) is 1.94. The minimum Gasteiger partial charge on any atom is -0.321 e. The van der Waals surface area contributed by atoms with E-state index in [0.717, 1.165) is 26.9 Å². The van der Waals surface area contributed by atoms with Gasteiger partial charge in [0, 0.05) is 27.1 Å². The number of carbonyl (C=O) groups excluding carboxylic acids is 3. The lowest BCUT2D eigenvalue weighted by atomic mass is 10.1. The summed E-state index contributed by atoms with van der Waals surface area (Å²) in [7, 11) is 0. The van der Waals surface area contributed by atoms with E-state index in [1.54, 1.807) is 66.7 Å². The third-order valence-corrected chi connectivity index (χ3v) is 10.6. The van der Waals surface area contributed by atoms with E-state index in [1.807, 2.05) is 36.6 Å². The number of amides is 3. The van der Waals surface area contributed by atoms with Crippen molar-refractivity contribution in [3.63, 3.8) is 0 Å². The maximum absolute atomic E-state index is 13.6. The van der Waals surface area contributed by atoms with Crippen LogP contribution in [-0.4, -0.2) is 28.0 Å². The third kappa shape index (κ3) is 8.61. The van der Waals surface area contributed by atoms with Crippen molar-refractivity contribution in [3.8, 4) is 11.3 Å². The second kappa shape index (κ2) is 16.2. The molecule has 0 aliphatic carbocycles. The molecule has 0 radical (unpaired) electrons. The van der Waals surface area contributed by atoms with Gasteiger partial charge < -0.3 is 16.0 Å². The predicted molar refractivity (Wildman–Crippen MR) is 207 cm³/mol. The number of nitrogens with one attached hydrogen (secondary N) is 3. The van der Waals surface area contributed by atoms with Gasteiger partial charge in [-0.05, 0) is 71.3 Å². The molecule has 1 atom stereocenters. The SMILES string of the molecule is CCC(Sc1cccc(NC(=O)/C(=C\c2cccc(Cl)c2Cl)NC(=O)c2ccccc2)c1)C(=O)Nc1nc(-c2ccc3ccccc3c2)cs1. The van der Waals surface area contributed by atoms with Crippen molar-refractivity contribution < 1.29 is 14.4 Å². The van der Waals surface area contributed by atoms with E-state index in [1.165, 1.54) is 29.2 Å². The molecule has 0 fully saturated rings. The molecule has 250 valence electrons. The zero-order chi connectivity index (χ0) is 35.0. The molecule has 3 N–H and O–H groups in total.